The van der Waals surface area contributed by atoms with Crippen LogP contribution in [0.25, 0.3) is 0 Å². The Morgan fingerprint density at radius 3 is 1.12 bits per heavy atom. The summed E-state index contributed by atoms with van der Waals surface area (Å²) in [6.45, 7) is 0.792. The van der Waals surface area contributed by atoms with Gasteiger partial charge in [-0.1, -0.05) is 0 Å². The van der Waals surface area contributed by atoms with Gasteiger partial charge in [-0.05, 0) is 6.92 Å². The number of esters is 4. The Labute approximate surface area is 212 Å². The van der Waals surface area contributed by atoms with E-state index < -0.39 is 127 Å². The second-order valence-electron chi connectivity index (χ2n) is 7.83. The van der Waals surface area contributed by atoms with E-state index in [0.29, 0.717) is 0 Å². The molecule has 0 amide bonds. The summed E-state index contributed by atoms with van der Waals surface area (Å²) in [5, 5.41) is 0. The van der Waals surface area contributed by atoms with Crippen LogP contribution in [0.1, 0.15) is 47.0 Å². The van der Waals surface area contributed by atoms with E-state index >= 15 is 0 Å². The molecule has 0 atom stereocenters. The van der Waals surface area contributed by atoms with E-state index in [9.17, 15) is 58.7 Å². The van der Waals surface area contributed by atoms with Gasteiger partial charge in [0.05, 0.1) is 5.56 Å². The number of benzene rings is 3. The SMILES string of the molecule is Cc1c(Oc2c(F)c(F)c(Oc3c(F)c(F)c4c(c3F)C(=O)OC4=O)c(F)c2F)c(F)c(F)c2c1C(=O)OC2=O. The van der Waals surface area contributed by atoms with Crippen molar-refractivity contribution in [2.45, 2.75) is 6.92 Å². The van der Waals surface area contributed by atoms with Crippen LogP contribution in [-0.2, 0) is 9.47 Å². The summed E-state index contributed by atoms with van der Waals surface area (Å²) in [6.07, 6.45) is 0. The van der Waals surface area contributed by atoms with Crippen LogP contribution in [0.15, 0.2) is 0 Å². The van der Waals surface area contributed by atoms with E-state index in [0.717, 1.165) is 6.92 Å². The van der Waals surface area contributed by atoms with Crippen LogP contribution in [0.3, 0.4) is 0 Å². The number of ether oxygens (including phenoxy) is 4. The van der Waals surface area contributed by atoms with E-state index in [1.165, 1.54) is 0 Å². The average Bonchev–Trinajstić information content (AvgIpc) is 3.37. The highest BCUT2D eigenvalue weighted by molar-refractivity contribution is 6.16. The molecule has 0 saturated carbocycles. The van der Waals surface area contributed by atoms with Crippen molar-refractivity contribution in [2.75, 3.05) is 0 Å². The molecule has 3 aromatic carbocycles. The Morgan fingerprint density at radius 1 is 0.400 bits per heavy atom. The fourth-order valence-electron chi connectivity index (χ4n) is 3.81. The van der Waals surface area contributed by atoms with Gasteiger partial charge >= 0.3 is 23.9 Å². The summed E-state index contributed by atoms with van der Waals surface area (Å²) in [5.74, 6) is -36.4. The zero-order chi connectivity index (χ0) is 29.5. The molecular weight excluding hydrogens is 575 g/mol. The lowest BCUT2D eigenvalue weighted by molar-refractivity contribution is 0.0422. The Morgan fingerprint density at radius 2 is 0.675 bits per heavy atom. The molecule has 0 radical (unpaired) electrons. The number of cyclic esters (lactones) is 4. The van der Waals surface area contributed by atoms with E-state index in [-0.39, 0.29) is 0 Å². The maximum Gasteiger partial charge on any atom is 0.350 e. The van der Waals surface area contributed by atoms with Crippen molar-refractivity contribution < 1.29 is 77.6 Å². The van der Waals surface area contributed by atoms with Gasteiger partial charge in [0, 0.05) is 5.56 Å². The molecule has 0 saturated heterocycles. The van der Waals surface area contributed by atoms with Crippen LogP contribution in [0.5, 0.6) is 23.0 Å². The van der Waals surface area contributed by atoms with Crippen LogP contribution in [0.2, 0.25) is 0 Å². The quantitative estimate of drug-likeness (QED) is 0.174. The minimum atomic E-state index is -2.62. The van der Waals surface area contributed by atoms with Gasteiger partial charge < -0.3 is 18.9 Å². The van der Waals surface area contributed by atoms with Crippen molar-refractivity contribution in [2.24, 2.45) is 0 Å². The van der Waals surface area contributed by atoms with Gasteiger partial charge in [0.2, 0.25) is 52.2 Å². The molecule has 206 valence electrons. The average molecular weight is 578 g/mol. The first-order valence-electron chi connectivity index (χ1n) is 10.2. The Kier molecular flexibility index (Phi) is 5.78. The lowest BCUT2D eigenvalue weighted by atomic mass is 10.0. The van der Waals surface area contributed by atoms with Crippen LogP contribution in [0.4, 0.5) is 39.5 Å². The van der Waals surface area contributed by atoms with Crippen LogP contribution < -0.4 is 9.47 Å². The normalized spacial score (nSPS) is 13.8. The van der Waals surface area contributed by atoms with Gasteiger partial charge in [0.15, 0.2) is 23.2 Å². The summed E-state index contributed by atoms with van der Waals surface area (Å²) in [4.78, 5) is 46.4. The number of hydrogen-bond acceptors (Lipinski definition) is 8. The molecule has 0 spiro atoms. The Hall–Kier alpha value is -5.09. The molecule has 2 aliphatic heterocycles. The molecule has 0 aliphatic carbocycles. The van der Waals surface area contributed by atoms with Gasteiger partial charge in [-0.15, -0.1) is 0 Å². The van der Waals surface area contributed by atoms with Crippen molar-refractivity contribution in [1.29, 1.82) is 0 Å². The monoisotopic (exact) mass is 578 g/mol. The number of hydrogen-bond donors (Lipinski definition) is 0. The van der Waals surface area contributed by atoms with E-state index in [4.69, 9.17) is 0 Å². The number of halogens is 9. The zero-order valence-electron chi connectivity index (χ0n) is 18.7. The first-order valence-corrected chi connectivity index (χ1v) is 10.2. The lowest BCUT2D eigenvalue weighted by Gasteiger charge is -2.16. The molecule has 0 aromatic heterocycles. The molecule has 8 nitrogen and oxygen atoms in total. The van der Waals surface area contributed by atoms with Crippen molar-refractivity contribution in [3.8, 4) is 23.0 Å². The third-order valence-electron chi connectivity index (χ3n) is 5.64. The highest BCUT2D eigenvalue weighted by Gasteiger charge is 2.43. The van der Waals surface area contributed by atoms with E-state index in [2.05, 4.69) is 18.9 Å². The maximum atomic E-state index is 14.8. The predicted octanol–water partition coefficient (Wildman–Crippen LogP) is 5.45. The highest BCUT2D eigenvalue weighted by atomic mass is 19.2. The molecule has 0 fully saturated rings. The number of rotatable bonds is 4. The maximum absolute atomic E-state index is 14.8. The van der Waals surface area contributed by atoms with Gasteiger partial charge in [0.1, 0.15) is 16.7 Å². The number of fused-ring (bicyclic) bond motifs is 2. The minimum absolute atomic E-state index is 0.788. The third-order valence-corrected chi connectivity index (χ3v) is 5.64. The molecular formula is C23H3F9O8. The largest absolute Gasteiger partial charge is 0.447 e. The summed E-state index contributed by atoms with van der Waals surface area (Å²) < 4.78 is 148. The fourth-order valence-corrected chi connectivity index (χ4v) is 3.81. The molecule has 0 N–H and O–H groups in total. The summed E-state index contributed by atoms with van der Waals surface area (Å²) >= 11 is 0. The Bertz CT molecular complexity index is 1630. The fraction of sp³-hybridized carbons (Fsp3) is 0.0435. The topological polar surface area (TPSA) is 105 Å². The molecule has 5 rings (SSSR count). The zero-order valence-corrected chi connectivity index (χ0v) is 18.7. The van der Waals surface area contributed by atoms with E-state index in [1.54, 1.807) is 0 Å². The van der Waals surface area contributed by atoms with Gasteiger partial charge in [-0.2, -0.15) is 26.3 Å². The minimum Gasteiger partial charge on any atom is -0.447 e. The predicted molar refractivity (Wildman–Crippen MR) is 103 cm³/mol. The third kappa shape index (κ3) is 3.43. The van der Waals surface area contributed by atoms with Gasteiger partial charge in [-0.25, -0.2) is 32.3 Å². The van der Waals surface area contributed by atoms with Crippen LogP contribution >= 0.6 is 0 Å². The first-order chi connectivity index (χ1) is 18.7. The molecule has 0 bridgehead atoms. The number of carbonyl (C=O) groups excluding carboxylic acids is 4. The molecule has 40 heavy (non-hydrogen) atoms. The smallest absolute Gasteiger partial charge is 0.350 e. The summed E-state index contributed by atoms with van der Waals surface area (Å²) in [5.41, 5.74) is -5.99. The summed E-state index contributed by atoms with van der Waals surface area (Å²) in [7, 11) is 0. The molecule has 0 unspecified atom stereocenters. The molecule has 2 aliphatic rings. The standard InChI is InChI=1S/C23H3F9O8/c1-2-3-4(21(34)39-20(3)33)7(24)10(27)16(2)37-18-12(29)14(31)19(15(32)13(18)30)38-17-9(26)6-5(8(25)11(17)28)22(35)40-23(6)36/h1H3. The first kappa shape index (κ1) is 26.5. The summed E-state index contributed by atoms with van der Waals surface area (Å²) in [6, 6.07) is 0. The van der Waals surface area contributed by atoms with Crippen molar-refractivity contribution >= 4 is 23.9 Å². The van der Waals surface area contributed by atoms with Crippen molar-refractivity contribution in [1.82, 2.24) is 0 Å². The highest BCUT2D eigenvalue weighted by Crippen LogP contribution is 2.44. The Balaban J connectivity index is 1.63. The van der Waals surface area contributed by atoms with Gasteiger partial charge in [-0.3, -0.25) is 0 Å². The second kappa shape index (κ2) is 8.72. The van der Waals surface area contributed by atoms with E-state index in [1.807, 2.05) is 0 Å². The van der Waals surface area contributed by atoms with Gasteiger partial charge in [0.25, 0.3) is 0 Å². The molecule has 2 heterocycles. The number of carbonyl (C=O) groups is 4. The lowest BCUT2D eigenvalue weighted by Crippen LogP contribution is -2.10. The molecule has 17 heteroatoms. The van der Waals surface area contributed by atoms with Crippen LogP contribution in [0, 0.1) is 59.3 Å². The molecule has 3 aromatic rings. The van der Waals surface area contributed by atoms with Crippen molar-refractivity contribution in [3.63, 3.8) is 0 Å². The van der Waals surface area contributed by atoms with Crippen molar-refractivity contribution in [3.05, 3.63) is 80.2 Å². The second-order valence-corrected chi connectivity index (χ2v) is 7.83. The van der Waals surface area contributed by atoms with Crippen LogP contribution in [-0.4, -0.2) is 23.9 Å².